The first-order valence-corrected chi connectivity index (χ1v) is 8.06. The Balaban J connectivity index is 2.27. The number of allylic oxidation sites excluding steroid dienone is 2. The number of alkyl halides is 1. The van der Waals surface area contributed by atoms with Gasteiger partial charge in [-0.1, -0.05) is 31.4 Å². The molecule has 0 atom stereocenters. The summed E-state index contributed by atoms with van der Waals surface area (Å²) in [5.74, 6) is 0.665. The molecule has 0 aliphatic carbocycles. The molecule has 4 nitrogen and oxygen atoms in total. The fraction of sp³-hybridized carbons (Fsp3) is 0.211. The molecule has 1 heterocycles. The van der Waals surface area contributed by atoms with Crippen molar-refractivity contribution in [1.29, 1.82) is 0 Å². The number of aromatic amines is 1. The van der Waals surface area contributed by atoms with Crippen molar-refractivity contribution in [1.82, 2.24) is 4.98 Å². The van der Waals surface area contributed by atoms with Crippen LogP contribution in [0.25, 0.3) is 10.9 Å². The molecule has 1 aromatic carbocycles. The third kappa shape index (κ3) is 4.09. The Morgan fingerprint density at radius 2 is 2.17 bits per heavy atom. The average Bonchev–Trinajstić information content (AvgIpc) is 2.91. The second-order valence-electron chi connectivity index (χ2n) is 5.13. The van der Waals surface area contributed by atoms with Crippen LogP contribution in [-0.4, -0.2) is 30.0 Å². The Labute approximate surface area is 146 Å². The third-order valence-electron chi connectivity index (χ3n) is 3.47. The summed E-state index contributed by atoms with van der Waals surface area (Å²) in [6.07, 6.45) is 5.01. The number of nitrogens with one attached hydrogen (secondary N) is 1. The fourth-order valence-corrected chi connectivity index (χ4v) is 2.44. The molecule has 5 heteroatoms. The van der Waals surface area contributed by atoms with Gasteiger partial charge in [-0.05, 0) is 30.7 Å². The number of benzene rings is 1. The predicted octanol–water partition coefficient (Wildman–Crippen LogP) is 4.55. The van der Waals surface area contributed by atoms with E-state index in [2.05, 4.69) is 18.1 Å². The second kappa shape index (κ2) is 8.41. The molecule has 0 aliphatic rings. The van der Waals surface area contributed by atoms with Crippen LogP contribution in [0.4, 0.5) is 0 Å². The number of aromatic nitrogens is 1. The van der Waals surface area contributed by atoms with E-state index in [0.717, 1.165) is 22.2 Å². The van der Waals surface area contributed by atoms with Crippen molar-refractivity contribution in [3.63, 3.8) is 0 Å². The summed E-state index contributed by atoms with van der Waals surface area (Å²) in [6, 6.07) is 5.52. The molecular weight excluding hydrogens is 326 g/mol. The minimum atomic E-state index is -0.398. The second-order valence-corrected chi connectivity index (χ2v) is 5.51. The maximum atomic E-state index is 12.5. The highest BCUT2D eigenvalue weighted by Crippen LogP contribution is 2.27. The molecule has 24 heavy (non-hydrogen) atoms. The molecule has 0 bridgehead atoms. The van der Waals surface area contributed by atoms with Gasteiger partial charge in [0.1, 0.15) is 19.0 Å². The highest BCUT2D eigenvalue weighted by atomic mass is 35.5. The lowest BCUT2D eigenvalue weighted by Crippen LogP contribution is -2.08. The van der Waals surface area contributed by atoms with E-state index in [0.29, 0.717) is 23.8 Å². The standard InChI is InChI=1S/C19H20ClNO3/c1-4-6-14(5-2)12-24-19(22)18-13(3)21-17-8-7-15(11-16(17)18)23-10-9-20/h4-8,11,21H,1-2,9-10,12H2,3H3/b14-6+. The van der Waals surface area contributed by atoms with E-state index in [1.807, 2.05) is 25.1 Å². The number of ether oxygens (including phenoxy) is 2. The smallest absolute Gasteiger partial charge is 0.340 e. The zero-order valence-corrected chi connectivity index (χ0v) is 14.4. The number of rotatable bonds is 8. The molecule has 0 unspecified atom stereocenters. The van der Waals surface area contributed by atoms with E-state index in [-0.39, 0.29) is 6.61 Å². The Kier molecular flexibility index (Phi) is 6.27. The summed E-state index contributed by atoms with van der Waals surface area (Å²) in [7, 11) is 0. The van der Waals surface area contributed by atoms with Crippen LogP contribution in [0, 0.1) is 6.92 Å². The van der Waals surface area contributed by atoms with Gasteiger partial charge in [-0.3, -0.25) is 0 Å². The molecule has 0 saturated carbocycles. The van der Waals surface area contributed by atoms with Crippen molar-refractivity contribution in [3.05, 3.63) is 66.4 Å². The SMILES string of the molecule is C=C/C=C(\C=C)COC(=O)c1c(C)[nH]c2ccc(OCCCl)cc12. The topological polar surface area (TPSA) is 51.3 Å². The Hall–Kier alpha value is -2.46. The number of hydrogen-bond donors (Lipinski definition) is 1. The van der Waals surface area contributed by atoms with Crippen molar-refractivity contribution in [2.24, 2.45) is 0 Å². The van der Waals surface area contributed by atoms with Crippen LogP contribution in [0.1, 0.15) is 16.1 Å². The van der Waals surface area contributed by atoms with E-state index in [4.69, 9.17) is 21.1 Å². The molecule has 126 valence electrons. The van der Waals surface area contributed by atoms with Gasteiger partial charge in [0.15, 0.2) is 0 Å². The van der Waals surface area contributed by atoms with Crippen LogP contribution < -0.4 is 4.74 Å². The first kappa shape index (κ1) is 17.9. The summed E-state index contributed by atoms with van der Waals surface area (Å²) >= 11 is 5.64. The number of carbonyl (C=O) groups is 1. The van der Waals surface area contributed by atoms with E-state index < -0.39 is 5.97 Å². The van der Waals surface area contributed by atoms with Crippen molar-refractivity contribution >= 4 is 28.5 Å². The maximum Gasteiger partial charge on any atom is 0.340 e. The lowest BCUT2D eigenvalue weighted by molar-refractivity contribution is 0.0544. The molecule has 0 saturated heterocycles. The third-order valence-corrected chi connectivity index (χ3v) is 3.63. The van der Waals surface area contributed by atoms with Gasteiger partial charge in [-0.15, -0.1) is 11.6 Å². The lowest BCUT2D eigenvalue weighted by Gasteiger charge is -2.07. The van der Waals surface area contributed by atoms with Gasteiger partial charge in [0, 0.05) is 16.6 Å². The molecule has 2 rings (SSSR count). The van der Waals surface area contributed by atoms with Gasteiger partial charge < -0.3 is 14.5 Å². The van der Waals surface area contributed by atoms with Crippen molar-refractivity contribution in [2.75, 3.05) is 19.1 Å². The number of fused-ring (bicyclic) bond motifs is 1. The van der Waals surface area contributed by atoms with Crippen LogP contribution in [0.15, 0.2) is 55.2 Å². The highest BCUT2D eigenvalue weighted by molar-refractivity contribution is 6.18. The van der Waals surface area contributed by atoms with E-state index in [1.165, 1.54) is 0 Å². The van der Waals surface area contributed by atoms with Gasteiger partial charge in [0.2, 0.25) is 0 Å². The molecule has 0 aliphatic heterocycles. The summed E-state index contributed by atoms with van der Waals surface area (Å²) in [6.45, 7) is 9.70. The van der Waals surface area contributed by atoms with Crippen LogP contribution in [-0.2, 0) is 4.74 Å². The molecular formula is C19H20ClNO3. The van der Waals surface area contributed by atoms with E-state index in [1.54, 1.807) is 18.2 Å². The number of halogens is 1. The maximum absolute atomic E-state index is 12.5. The van der Waals surface area contributed by atoms with Gasteiger partial charge in [0.05, 0.1) is 11.4 Å². The van der Waals surface area contributed by atoms with E-state index in [9.17, 15) is 4.79 Å². The number of carbonyl (C=O) groups excluding carboxylic acids is 1. The summed E-state index contributed by atoms with van der Waals surface area (Å²) < 4.78 is 10.9. The van der Waals surface area contributed by atoms with Gasteiger partial charge >= 0.3 is 5.97 Å². The van der Waals surface area contributed by atoms with Gasteiger partial charge in [-0.25, -0.2) is 4.79 Å². The van der Waals surface area contributed by atoms with Gasteiger partial charge in [-0.2, -0.15) is 0 Å². The number of aryl methyl sites for hydroxylation is 1. The van der Waals surface area contributed by atoms with Crippen LogP contribution >= 0.6 is 11.6 Å². The highest BCUT2D eigenvalue weighted by Gasteiger charge is 2.18. The summed E-state index contributed by atoms with van der Waals surface area (Å²) in [5, 5.41) is 0.762. The first-order chi connectivity index (χ1) is 11.6. The molecule has 1 N–H and O–H groups in total. The minimum absolute atomic E-state index is 0.142. The number of esters is 1. The zero-order chi connectivity index (χ0) is 17.5. The predicted molar refractivity (Wildman–Crippen MR) is 98.0 cm³/mol. The van der Waals surface area contributed by atoms with Crippen LogP contribution in [0.2, 0.25) is 0 Å². The Morgan fingerprint density at radius 1 is 1.38 bits per heavy atom. The zero-order valence-electron chi connectivity index (χ0n) is 13.6. The first-order valence-electron chi connectivity index (χ1n) is 7.53. The molecule has 0 amide bonds. The largest absolute Gasteiger partial charge is 0.492 e. The van der Waals surface area contributed by atoms with Crippen LogP contribution in [0.3, 0.4) is 0 Å². The van der Waals surface area contributed by atoms with Crippen molar-refractivity contribution in [3.8, 4) is 5.75 Å². The average molecular weight is 346 g/mol. The van der Waals surface area contributed by atoms with Crippen molar-refractivity contribution < 1.29 is 14.3 Å². The Bertz CT molecular complexity index is 789. The van der Waals surface area contributed by atoms with Crippen molar-refractivity contribution in [2.45, 2.75) is 6.92 Å². The quantitative estimate of drug-likeness (QED) is 0.434. The van der Waals surface area contributed by atoms with Gasteiger partial charge in [0.25, 0.3) is 0 Å². The molecule has 0 fully saturated rings. The van der Waals surface area contributed by atoms with Crippen LogP contribution in [0.5, 0.6) is 5.75 Å². The van der Waals surface area contributed by atoms with E-state index >= 15 is 0 Å². The molecule has 0 radical (unpaired) electrons. The fourth-order valence-electron chi connectivity index (χ4n) is 2.36. The summed E-state index contributed by atoms with van der Waals surface area (Å²) in [4.78, 5) is 15.7. The monoisotopic (exact) mass is 345 g/mol. The molecule has 2 aromatic rings. The number of H-pyrrole nitrogens is 1. The summed E-state index contributed by atoms with van der Waals surface area (Å²) in [5.41, 5.74) is 2.88. The molecule has 1 aromatic heterocycles. The number of hydrogen-bond acceptors (Lipinski definition) is 3. The Morgan fingerprint density at radius 3 is 2.83 bits per heavy atom. The lowest BCUT2D eigenvalue weighted by atomic mass is 10.1. The molecule has 0 spiro atoms. The normalized spacial score (nSPS) is 11.3. The minimum Gasteiger partial charge on any atom is -0.492 e.